The van der Waals surface area contributed by atoms with Crippen LogP contribution in [-0.4, -0.2) is 20.3 Å². The fourth-order valence-electron chi connectivity index (χ4n) is 1.13. The van der Waals surface area contributed by atoms with Crippen molar-refractivity contribution in [3.05, 3.63) is 18.0 Å². The molecule has 96 valence electrons. The van der Waals surface area contributed by atoms with Crippen LogP contribution in [-0.2, 0) is 6.54 Å². The van der Waals surface area contributed by atoms with Crippen LogP contribution in [0.2, 0.25) is 0 Å². The molecule has 0 fully saturated rings. The molecular weight excluding hydrogens is 230 g/mol. The predicted molar refractivity (Wildman–Crippen MR) is 74.2 cm³/mol. The highest BCUT2D eigenvalue weighted by Crippen LogP contribution is 2.28. The summed E-state index contributed by atoms with van der Waals surface area (Å²) in [6.07, 6.45) is 3.81. The van der Waals surface area contributed by atoms with E-state index in [2.05, 4.69) is 56.8 Å². The standard InChI is InChI=1S/C13H23N3S/c1-12(2,3)16-9-10-7-14-11(15-8-10)17-13(4,5)6/h7-8,16H,9H2,1-6H3. The quantitative estimate of drug-likeness (QED) is 0.663. The van der Waals surface area contributed by atoms with Crippen LogP contribution < -0.4 is 5.32 Å². The van der Waals surface area contributed by atoms with Crippen molar-refractivity contribution in [2.45, 2.75) is 63.5 Å². The third-order valence-corrected chi connectivity index (χ3v) is 2.91. The zero-order valence-electron chi connectivity index (χ0n) is 11.7. The first kappa shape index (κ1) is 14.5. The van der Waals surface area contributed by atoms with Gasteiger partial charge in [0.05, 0.1) is 0 Å². The molecular formula is C13H23N3S. The number of nitrogens with one attached hydrogen (secondary N) is 1. The Bertz CT molecular complexity index is 346. The SMILES string of the molecule is CC(C)(C)NCc1cnc(SC(C)(C)C)nc1. The first-order valence-corrected chi connectivity index (χ1v) is 6.72. The number of thioether (sulfide) groups is 1. The van der Waals surface area contributed by atoms with Gasteiger partial charge in [0.15, 0.2) is 5.16 Å². The Morgan fingerprint density at radius 2 is 1.59 bits per heavy atom. The van der Waals surface area contributed by atoms with Crippen molar-refractivity contribution in [2.24, 2.45) is 0 Å². The minimum atomic E-state index is 0.124. The molecule has 1 heterocycles. The Labute approximate surface area is 109 Å². The van der Waals surface area contributed by atoms with E-state index in [-0.39, 0.29) is 10.3 Å². The Morgan fingerprint density at radius 3 is 2.00 bits per heavy atom. The lowest BCUT2D eigenvalue weighted by Gasteiger charge is -2.20. The molecule has 0 aliphatic heterocycles. The van der Waals surface area contributed by atoms with E-state index < -0.39 is 0 Å². The minimum Gasteiger partial charge on any atom is -0.308 e. The molecule has 0 aromatic carbocycles. The summed E-state index contributed by atoms with van der Waals surface area (Å²) in [4.78, 5) is 8.75. The zero-order chi connectivity index (χ0) is 13.1. The van der Waals surface area contributed by atoms with Crippen molar-refractivity contribution in [1.29, 1.82) is 0 Å². The highest BCUT2D eigenvalue weighted by molar-refractivity contribution is 8.00. The summed E-state index contributed by atoms with van der Waals surface area (Å²) in [6.45, 7) is 13.7. The second kappa shape index (κ2) is 5.36. The molecule has 1 aromatic heterocycles. The van der Waals surface area contributed by atoms with Crippen LogP contribution in [0.25, 0.3) is 0 Å². The van der Waals surface area contributed by atoms with Crippen molar-refractivity contribution in [2.75, 3.05) is 0 Å². The second-order valence-corrected chi connectivity index (χ2v) is 7.99. The van der Waals surface area contributed by atoms with E-state index in [9.17, 15) is 0 Å². The van der Waals surface area contributed by atoms with Gasteiger partial charge in [-0.1, -0.05) is 32.5 Å². The van der Waals surface area contributed by atoms with Crippen LogP contribution in [0.3, 0.4) is 0 Å². The van der Waals surface area contributed by atoms with Crippen LogP contribution >= 0.6 is 11.8 Å². The molecule has 0 amide bonds. The van der Waals surface area contributed by atoms with Gasteiger partial charge in [0.25, 0.3) is 0 Å². The lowest BCUT2D eigenvalue weighted by Crippen LogP contribution is -2.35. The van der Waals surface area contributed by atoms with E-state index in [0.29, 0.717) is 0 Å². The fourth-order valence-corrected chi connectivity index (χ4v) is 1.89. The molecule has 0 saturated heterocycles. The number of hydrogen-bond acceptors (Lipinski definition) is 4. The summed E-state index contributed by atoms with van der Waals surface area (Å²) in [5.74, 6) is 0. The van der Waals surface area contributed by atoms with Gasteiger partial charge in [-0.25, -0.2) is 9.97 Å². The van der Waals surface area contributed by atoms with E-state index in [4.69, 9.17) is 0 Å². The first-order chi connectivity index (χ1) is 7.66. The van der Waals surface area contributed by atoms with E-state index in [0.717, 1.165) is 17.3 Å². The first-order valence-electron chi connectivity index (χ1n) is 5.91. The molecule has 0 unspecified atom stereocenters. The molecule has 0 aliphatic rings. The van der Waals surface area contributed by atoms with Crippen molar-refractivity contribution >= 4 is 11.8 Å². The Hall–Kier alpha value is -0.610. The largest absolute Gasteiger partial charge is 0.308 e. The molecule has 1 N–H and O–H groups in total. The molecule has 0 atom stereocenters. The van der Waals surface area contributed by atoms with Gasteiger partial charge in [-0.15, -0.1) is 0 Å². The van der Waals surface area contributed by atoms with Crippen LogP contribution in [0.5, 0.6) is 0 Å². The zero-order valence-corrected chi connectivity index (χ0v) is 12.5. The Balaban J connectivity index is 2.56. The number of rotatable bonds is 3. The van der Waals surface area contributed by atoms with Gasteiger partial charge in [0.1, 0.15) is 0 Å². The lowest BCUT2D eigenvalue weighted by atomic mass is 10.1. The average Bonchev–Trinajstić information content (AvgIpc) is 2.13. The molecule has 3 nitrogen and oxygen atoms in total. The van der Waals surface area contributed by atoms with Gasteiger partial charge in [0.2, 0.25) is 0 Å². The van der Waals surface area contributed by atoms with Crippen molar-refractivity contribution in [1.82, 2.24) is 15.3 Å². The third-order valence-electron chi connectivity index (χ3n) is 1.90. The van der Waals surface area contributed by atoms with Gasteiger partial charge in [-0.2, -0.15) is 0 Å². The molecule has 0 bridgehead atoms. The van der Waals surface area contributed by atoms with Crippen LogP contribution in [0, 0.1) is 0 Å². The summed E-state index contributed by atoms with van der Waals surface area (Å²) < 4.78 is 0.158. The predicted octanol–water partition coefficient (Wildman–Crippen LogP) is 3.26. The molecule has 1 rings (SSSR count). The van der Waals surface area contributed by atoms with E-state index in [1.165, 1.54) is 0 Å². The molecule has 4 heteroatoms. The summed E-state index contributed by atoms with van der Waals surface area (Å²) in [5.41, 5.74) is 1.25. The van der Waals surface area contributed by atoms with Crippen LogP contribution in [0.4, 0.5) is 0 Å². The van der Waals surface area contributed by atoms with Crippen molar-refractivity contribution in [3.8, 4) is 0 Å². The van der Waals surface area contributed by atoms with Gasteiger partial charge in [0, 0.05) is 34.8 Å². The number of nitrogens with zero attached hydrogens (tertiary/aromatic N) is 2. The summed E-state index contributed by atoms with van der Waals surface area (Å²) in [6, 6.07) is 0. The Kier molecular flexibility index (Phi) is 4.55. The van der Waals surface area contributed by atoms with Crippen molar-refractivity contribution < 1.29 is 0 Å². The maximum Gasteiger partial charge on any atom is 0.187 e. The molecule has 0 spiro atoms. The van der Waals surface area contributed by atoms with Gasteiger partial charge >= 0.3 is 0 Å². The molecule has 1 aromatic rings. The smallest absolute Gasteiger partial charge is 0.187 e. The number of hydrogen-bond donors (Lipinski definition) is 1. The topological polar surface area (TPSA) is 37.8 Å². The molecule has 0 aliphatic carbocycles. The maximum absolute atomic E-state index is 4.38. The monoisotopic (exact) mass is 253 g/mol. The third kappa shape index (κ3) is 6.64. The summed E-state index contributed by atoms with van der Waals surface area (Å²) in [7, 11) is 0. The Morgan fingerprint density at radius 1 is 1.06 bits per heavy atom. The van der Waals surface area contributed by atoms with Crippen LogP contribution in [0.1, 0.15) is 47.1 Å². The highest BCUT2D eigenvalue weighted by Gasteiger charge is 2.14. The highest BCUT2D eigenvalue weighted by atomic mass is 32.2. The second-order valence-electron chi connectivity index (χ2n) is 6.19. The molecule has 17 heavy (non-hydrogen) atoms. The van der Waals surface area contributed by atoms with Crippen LogP contribution in [0.15, 0.2) is 17.6 Å². The molecule has 0 radical (unpaired) electrons. The van der Waals surface area contributed by atoms with Gasteiger partial charge in [-0.05, 0) is 20.8 Å². The average molecular weight is 253 g/mol. The fraction of sp³-hybridized carbons (Fsp3) is 0.692. The van der Waals surface area contributed by atoms with E-state index >= 15 is 0 Å². The van der Waals surface area contributed by atoms with Gasteiger partial charge < -0.3 is 5.32 Å². The summed E-state index contributed by atoms with van der Waals surface area (Å²) >= 11 is 1.69. The van der Waals surface area contributed by atoms with Gasteiger partial charge in [-0.3, -0.25) is 0 Å². The minimum absolute atomic E-state index is 0.124. The normalized spacial score (nSPS) is 12.8. The van der Waals surface area contributed by atoms with E-state index in [1.54, 1.807) is 11.8 Å². The molecule has 0 saturated carbocycles. The summed E-state index contributed by atoms with van der Waals surface area (Å²) in [5, 5.41) is 4.26. The number of aromatic nitrogens is 2. The lowest BCUT2D eigenvalue weighted by molar-refractivity contribution is 0.423. The maximum atomic E-state index is 4.38. The van der Waals surface area contributed by atoms with E-state index in [1.807, 2.05) is 12.4 Å². The van der Waals surface area contributed by atoms with Crippen molar-refractivity contribution in [3.63, 3.8) is 0 Å².